The van der Waals surface area contributed by atoms with Crippen LogP contribution in [-0.2, 0) is 12.8 Å². The summed E-state index contributed by atoms with van der Waals surface area (Å²) in [6.07, 6.45) is 19.9. The minimum absolute atomic E-state index is 1.00. The zero-order valence-electron chi connectivity index (χ0n) is 17.0. The molecule has 1 aliphatic carbocycles. The highest BCUT2D eigenvalue weighted by Crippen LogP contribution is 2.37. The largest absolute Gasteiger partial charge is 0.129 e. The Morgan fingerprint density at radius 1 is 0.731 bits per heavy atom. The Bertz CT molecular complexity index is 596. The maximum Gasteiger partial charge on any atom is 0.0870 e. The van der Waals surface area contributed by atoms with Gasteiger partial charge in [0.05, 0.1) is 4.01 Å². The number of fused-ring (bicyclic) bond motifs is 1. The van der Waals surface area contributed by atoms with Gasteiger partial charge in [0, 0.05) is 15.1 Å². The van der Waals surface area contributed by atoms with Crippen LogP contribution in [0.5, 0.6) is 0 Å². The van der Waals surface area contributed by atoms with Crippen LogP contribution in [0.3, 0.4) is 0 Å². The first-order valence-corrected chi connectivity index (χ1v) is 12.9. The molecule has 2 aromatic rings. The molecule has 0 aromatic carbocycles. The highest BCUT2D eigenvalue weighted by Gasteiger charge is 2.21. The second-order valence-corrected chi connectivity index (χ2v) is 11.1. The Labute approximate surface area is 169 Å². The van der Waals surface area contributed by atoms with E-state index in [1.165, 1.54) is 95.3 Å². The van der Waals surface area contributed by atoms with Gasteiger partial charge in [-0.15, -0.1) is 22.7 Å². The van der Waals surface area contributed by atoms with Gasteiger partial charge in [0.2, 0.25) is 0 Å². The fourth-order valence-corrected chi connectivity index (χ4v) is 7.17. The number of hydrogen-bond donors (Lipinski definition) is 0. The third-order valence-corrected chi connectivity index (χ3v) is 8.83. The SMILES string of the molecule is CCCCCc1cc2cc(CCC3CCC(CCCCC)CC3)sc2s1. The smallest absolute Gasteiger partial charge is 0.0870 e. The van der Waals surface area contributed by atoms with E-state index in [0.717, 1.165) is 11.8 Å². The van der Waals surface area contributed by atoms with Crippen molar-refractivity contribution >= 4 is 32.1 Å². The third kappa shape index (κ3) is 6.09. The lowest BCUT2D eigenvalue weighted by molar-refractivity contribution is 0.249. The molecule has 2 heterocycles. The molecule has 1 saturated carbocycles. The lowest BCUT2D eigenvalue weighted by Gasteiger charge is -2.28. The van der Waals surface area contributed by atoms with Crippen LogP contribution < -0.4 is 0 Å². The number of hydrogen-bond acceptors (Lipinski definition) is 2. The average Bonchev–Trinajstić information content (AvgIpc) is 3.20. The molecule has 0 unspecified atom stereocenters. The first kappa shape index (κ1) is 20.4. The Morgan fingerprint density at radius 2 is 1.31 bits per heavy atom. The molecule has 2 heteroatoms. The minimum Gasteiger partial charge on any atom is -0.129 e. The summed E-state index contributed by atoms with van der Waals surface area (Å²) in [6.45, 7) is 4.61. The molecular weight excluding hydrogens is 352 g/mol. The minimum atomic E-state index is 1.00. The van der Waals surface area contributed by atoms with Crippen LogP contribution >= 0.6 is 22.7 Å². The van der Waals surface area contributed by atoms with Gasteiger partial charge in [0.15, 0.2) is 0 Å². The molecule has 1 fully saturated rings. The average molecular weight is 391 g/mol. The summed E-state index contributed by atoms with van der Waals surface area (Å²) in [5.74, 6) is 2.05. The van der Waals surface area contributed by atoms with E-state index in [1.807, 2.05) is 0 Å². The zero-order valence-corrected chi connectivity index (χ0v) is 18.7. The van der Waals surface area contributed by atoms with Crippen LogP contribution in [0.4, 0.5) is 0 Å². The molecule has 0 nitrogen and oxygen atoms in total. The van der Waals surface area contributed by atoms with Crippen LogP contribution in [0.25, 0.3) is 9.40 Å². The van der Waals surface area contributed by atoms with E-state index in [1.54, 1.807) is 13.8 Å². The second kappa shape index (κ2) is 10.9. The van der Waals surface area contributed by atoms with E-state index in [0.29, 0.717) is 0 Å². The molecule has 26 heavy (non-hydrogen) atoms. The summed E-state index contributed by atoms with van der Waals surface area (Å²) in [5, 5.41) is 1.53. The van der Waals surface area contributed by atoms with Crippen molar-refractivity contribution in [1.29, 1.82) is 0 Å². The van der Waals surface area contributed by atoms with Gasteiger partial charge in [0.1, 0.15) is 0 Å². The van der Waals surface area contributed by atoms with Gasteiger partial charge in [0.25, 0.3) is 0 Å². The van der Waals surface area contributed by atoms with Crippen LogP contribution in [0.15, 0.2) is 12.1 Å². The Morgan fingerprint density at radius 3 is 1.92 bits per heavy atom. The van der Waals surface area contributed by atoms with Crippen molar-refractivity contribution in [2.24, 2.45) is 11.8 Å². The number of rotatable bonds is 11. The highest BCUT2D eigenvalue weighted by molar-refractivity contribution is 7.38. The van der Waals surface area contributed by atoms with Crippen molar-refractivity contribution in [2.45, 2.75) is 104 Å². The molecule has 0 aliphatic heterocycles. The van der Waals surface area contributed by atoms with Crippen molar-refractivity contribution in [1.82, 2.24) is 0 Å². The third-order valence-electron chi connectivity index (χ3n) is 6.32. The van der Waals surface area contributed by atoms with Crippen LogP contribution in [0, 0.1) is 11.8 Å². The lowest BCUT2D eigenvalue weighted by Crippen LogP contribution is -2.15. The molecule has 3 rings (SSSR count). The van der Waals surface area contributed by atoms with Crippen LogP contribution in [0.1, 0.15) is 101 Å². The van der Waals surface area contributed by atoms with E-state index in [9.17, 15) is 0 Å². The van der Waals surface area contributed by atoms with Crippen LogP contribution in [-0.4, -0.2) is 0 Å². The van der Waals surface area contributed by atoms with E-state index < -0.39 is 0 Å². The summed E-state index contributed by atoms with van der Waals surface area (Å²) < 4.78 is 1.58. The van der Waals surface area contributed by atoms with Crippen LogP contribution in [0.2, 0.25) is 0 Å². The molecule has 0 spiro atoms. The maximum absolute atomic E-state index is 2.50. The van der Waals surface area contributed by atoms with Gasteiger partial charge < -0.3 is 0 Å². The predicted octanol–water partition coefficient (Wildman–Crippen LogP) is 9.01. The molecule has 0 N–H and O–H groups in total. The number of thiophene rings is 2. The quantitative estimate of drug-likeness (QED) is 0.336. The summed E-state index contributed by atoms with van der Waals surface area (Å²) in [7, 11) is 0. The summed E-state index contributed by atoms with van der Waals surface area (Å²) >= 11 is 4.14. The monoisotopic (exact) mass is 390 g/mol. The van der Waals surface area contributed by atoms with Crippen molar-refractivity contribution in [2.75, 3.05) is 0 Å². The normalized spacial score (nSPS) is 20.8. The Kier molecular flexibility index (Phi) is 8.52. The standard InChI is InChI=1S/C24H38S2/c1-3-5-7-9-19-11-13-20(14-12-19)15-16-23-18-21-17-22(10-8-6-4-2)25-24(21)26-23/h17-20H,3-16H2,1-2H3. The second-order valence-electron chi connectivity index (χ2n) is 8.55. The number of aryl methyl sites for hydroxylation is 2. The molecule has 1 aliphatic rings. The van der Waals surface area contributed by atoms with E-state index in [2.05, 4.69) is 48.7 Å². The van der Waals surface area contributed by atoms with Gasteiger partial charge in [-0.2, -0.15) is 0 Å². The Hall–Kier alpha value is -0.340. The van der Waals surface area contributed by atoms with E-state index in [4.69, 9.17) is 0 Å². The molecule has 0 radical (unpaired) electrons. The molecule has 0 bridgehead atoms. The summed E-state index contributed by atoms with van der Waals surface area (Å²) in [4.78, 5) is 3.24. The van der Waals surface area contributed by atoms with Crippen molar-refractivity contribution in [3.8, 4) is 0 Å². The van der Waals surface area contributed by atoms with Crippen molar-refractivity contribution in [3.05, 3.63) is 21.9 Å². The van der Waals surface area contributed by atoms with Crippen molar-refractivity contribution in [3.63, 3.8) is 0 Å². The molecule has 2 aromatic heterocycles. The van der Waals surface area contributed by atoms with Gasteiger partial charge in [-0.3, -0.25) is 0 Å². The molecule has 0 atom stereocenters. The lowest BCUT2D eigenvalue weighted by atomic mass is 9.78. The fourth-order valence-electron chi connectivity index (χ4n) is 4.58. The predicted molar refractivity (Wildman–Crippen MR) is 121 cm³/mol. The fraction of sp³-hybridized carbons (Fsp3) is 0.750. The zero-order chi connectivity index (χ0) is 18.2. The topological polar surface area (TPSA) is 0 Å². The first-order valence-electron chi connectivity index (χ1n) is 11.3. The highest BCUT2D eigenvalue weighted by atomic mass is 32.2. The van der Waals surface area contributed by atoms with E-state index >= 15 is 0 Å². The van der Waals surface area contributed by atoms with Gasteiger partial charge >= 0.3 is 0 Å². The van der Waals surface area contributed by atoms with Gasteiger partial charge in [-0.05, 0) is 49.7 Å². The Balaban J connectivity index is 1.39. The maximum atomic E-state index is 2.50. The first-order chi connectivity index (χ1) is 12.8. The number of unbranched alkanes of at least 4 members (excludes halogenated alkanes) is 4. The summed E-state index contributed by atoms with van der Waals surface area (Å²) in [5.41, 5.74) is 0. The van der Waals surface area contributed by atoms with Gasteiger partial charge in [-0.25, -0.2) is 0 Å². The van der Waals surface area contributed by atoms with Gasteiger partial charge in [-0.1, -0.05) is 78.1 Å². The molecule has 0 amide bonds. The molecule has 0 saturated heterocycles. The molecule has 146 valence electrons. The summed E-state index contributed by atoms with van der Waals surface area (Å²) in [6, 6.07) is 4.97. The van der Waals surface area contributed by atoms with Crippen molar-refractivity contribution < 1.29 is 0 Å². The molecular formula is C24H38S2. The van der Waals surface area contributed by atoms with E-state index in [-0.39, 0.29) is 0 Å².